The van der Waals surface area contributed by atoms with Crippen LogP contribution >= 0.6 is 11.3 Å². The number of fused-ring (bicyclic) bond motifs is 1. The maximum Gasteiger partial charge on any atom is 0.244 e. The van der Waals surface area contributed by atoms with Gasteiger partial charge in [-0.25, -0.2) is 0 Å². The average molecular weight is 432 g/mol. The van der Waals surface area contributed by atoms with Gasteiger partial charge in [0.25, 0.3) is 0 Å². The number of aryl methyl sites for hydroxylation is 2. The topological polar surface area (TPSA) is 51.5 Å². The largest absolute Gasteiger partial charge is 0.496 e. The number of allylic oxidation sites excluding steroid dienone is 1. The van der Waals surface area contributed by atoms with Gasteiger partial charge in [0.2, 0.25) is 5.91 Å². The molecule has 2 aromatic heterocycles. The molecule has 2 heterocycles. The lowest BCUT2D eigenvalue weighted by Gasteiger charge is -2.11. The van der Waals surface area contributed by atoms with Crippen molar-refractivity contribution in [1.29, 1.82) is 0 Å². The zero-order valence-electron chi connectivity index (χ0n) is 18.1. The molecular weight excluding hydrogens is 406 g/mol. The highest BCUT2D eigenvalue weighted by Crippen LogP contribution is 2.38. The number of carbonyl (C=O) groups is 1. The molecular formula is C26H25NO3S. The molecule has 31 heavy (non-hydrogen) atoms. The van der Waals surface area contributed by atoms with Crippen LogP contribution < -0.4 is 10.1 Å². The van der Waals surface area contributed by atoms with E-state index in [1.165, 1.54) is 11.1 Å². The summed E-state index contributed by atoms with van der Waals surface area (Å²) in [5.41, 5.74) is 7.04. The van der Waals surface area contributed by atoms with Crippen LogP contribution in [0.1, 0.15) is 28.5 Å². The summed E-state index contributed by atoms with van der Waals surface area (Å²) in [7, 11) is 1.63. The Labute approximate surface area is 186 Å². The highest BCUT2D eigenvalue weighted by atomic mass is 32.1. The predicted octanol–water partition coefficient (Wildman–Crippen LogP) is 6.51. The molecule has 0 bridgehead atoms. The Morgan fingerprint density at radius 3 is 2.71 bits per heavy atom. The van der Waals surface area contributed by atoms with Gasteiger partial charge >= 0.3 is 0 Å². The number of ether oxygens (including phenoxy) is 1. The highest BCUT2D eigenvalue weighted by Gasteiger charge is 2.16. The van der Waals surface area contributed by atoms with Gasteiger partial charge in [-0.2, -0.15) is 0 Å². The van der Waals surface area contributed by atoms with Gasteiger partial charge < -0.3 is 14.5 Å². The van der Waals surface area contributed by atoms with Crippen LogP contribution in [0, 0.1) is 13.8 Å². The number of amides is 1. The number of nitrogens with one attached hydrogen (secondary N) is 1. The fourth-order valence-electron chi connectivity index (χ4n) is 3.77. The lowest BCUT2D eigenvalue weighted by molar-refractivity contribution is -0.116. The summed E-state index contributed by atoms with van der Waals surface area (Å²) in [6.45, 7) is 6.64. The molecule has 4 aromatic rings. The van der Waals surface area contributed by atoms with E-state index in [0.717, 1.165) is 38.1 Å². The number of hydrogen-bond donors (Lipinski definition) is 1. The van der Waals surface area contributed by atoms with Crippen LogP contribution in [0.15, 0.2) is 64.6 Å². The minimum atomic E-state index is -0.130. The van der Waals surface area contributed by atoms with Crippen LogP contribution in [0.4, 0.5) is 0 Å². The van der Waals surface area contributed by atoms with Gasteiger partial charge in [-0.1, -0.05) is 29.8 Å². The zero-order chi connectivity index (χ0) is 22.0. The minimum Gasteiger partial charge on any atom is -0.496 e. The Bertz CT molecular complexity index is 1270. The molecule has 1 amide bonds. The summed E-state index contributed by atoms with van der Waals surface area (Å²) in [4.78, 5) is 13.6. The third kappa shape index (κ3) is 4.42. The van der Waals surface area contributed by atoms with E-state index in [4.69, 9.17) is 9.15 Å². The summed E-state index contributed by atoms with van der Waals surface area (Å²) in [6, 6.07) is 14.3. The number of thiophene rings is 1. The first-order chi connectivity index (χ1) is 15.0. The third-order valence-electron chi connectivity index (χ3n) is 5.36. The van der Waals surface area contributed by atoms with Gasteiger partial charge in [0.15, 0.2) is 0 Å². The zero-order valence-corrected chi connectivity index (χ0v) is 18.9. The number of rotatable bonds is 6. The second kappa shape index (κ2) is 8.82. The molecule has 0 unspecified atom stereocenters. The van der Waals surface area contributed by atoms with Crippen molar-refractivity contribution in [1.82, 2.24) is 5.32 Å². The van der Waals surface area contributed by atoms with Crippen LogP contribution in [-0.2, 0) is 11.3 Å². The van der Waals surface area contributed by atoms with E-state index in [1.54, 1.807) is 30.8 Å². The van der Waals surface area contributed by atoms with E-state index in [-0.39, 0.29) is 5.91 Å². The van der Waals surface area contributed by atoms with Gasteiger partial charge in [-0.15, -0.1) is 11.3 Å². The number of benzene rings is 2. The molecule has 0 fully saturated rings. The Morgan fingerprint density at radius 2 is 2.00 bits per heavy atom. The maximum absolute atomic E-state index is 12.5. The normalized spacial score (nSPS) is 11.7. The summed E-state index contributed by atoms with van der Waals surface area (Å²) in [5.74, 6) is 0.545. The summed E-state index contributed by atoms with van der Waals surface area (Å²) >= 11 is 1.62. The fourth-order valence-corrected chi connectivity index (χ4v) is 4.41. The number of hydrogen-bond acceptors (Lipinski definition) is 4. The van der Waals surface area contributed by atoms with Gasteiger partial charge in [0.05, 0.1) is 19.9 Å². The van der Waals surface area contributed by atoms with Crippen LogP contribution in [0.25, 0.3) is 27.7 Å². The molecule has 2 aromatic carbocycles. The smallest absolute Gasteiger partial charge is 0.244 e. The second-order valence-corrected chi connectivity index (χ2v) is 8.67. The molecule has 0 atom stereocenters. The van der Waals surface area contributed by atoms with E-state index >= 15 is 0 Å². The second-order valence-electron chi connectivity index (χ2n) is 7.64. The molecule has 0 spiro atoms. The Morgan fingerprint density at radius 1 is 1.16 bits per heavy atom. The molecule has 0 saturated heterocycles. The molecule has 5 heteroatoms. The molecule has 0 saturated carbocycles. The van der Waals surface area contributed by atoms with Crippen molar-refractivity contribution in [2.24, 2.45) is 0 Å². The van der Waals surface area contributed by atoms with Crippen molar-refractivity contribution >= 4 is 33.8 Å². The quantitative estimate of drug-likeness (QED) is 0.354. The van der Waals surface area contributed by atoms with Crippen LogP contribution in [0.5, 0.6) is 5.75 Å². The first kappa shape index (κ1) is 20.9. The number of carbonyl (C=O) groups excluding carboxylic acids is 1. The maximum atomic E-state index is 12.5. The Hall–Kier alpha value is -3.31. The van der Waals surface area contributed by atoms with E-state index in [1.807, 2.05) is 36.6 Å². The summed E-state index contributed by atoms with van der Waals surface area (Å²) < 4.78 is 11.4. The van der Waals surface area contributed by atoms with E-state index in [0.29, 0.717) is 12.3 Å². The third-order valence-corrected chi connectivity index (χ3v) is 6.23. The SMILES string of the molecule is COc1cc2occ(-c3ccc(C)cc3C)c2cc1/C(C)=C/C(=O)NCc1cccs1. The van der Waals surface area contributed by atoms with Crippen LogP contribution in [-0.4, -0.2) is 13.0 Å². The van der Waals surface area contributed by atoms with E-state index in [2.05, 4.69) is 37.4 Å². The van der Waals surface area contributed by atoms with Crippen molar-refractivity contribution < 1.29 is 13.9 Å². The standard InChI is InChI=1S/C26H25NO3S/c1-16-7-8-20(17(2)10-16)23-15-30-25-13-24(29-4)21(12-22(23)25)18(3)11-26(28)27-14-19-6-5-9-31-19/h5-13,15H,14H2,1-4H3,(H,27,28)/b18-11+. The summed E-state index contributed by atoms with van der Waals surface area (Å²) in [6.07, 6.45) is 3.41. The lowest BCUT2D eigenvalue weighted by atomic mass is 9.96. The van der Waals surface area contributed by atoms with Crippen molar-refractivity contribution in [3.63, 3.8) is 0 Å². The predicted molar refractivity (Wildman–Crippen MR) is 127 cm³/mol. The molecule has 4 nitrogen and oxygen atoms in total. The molecule has 0 aliphatic carbocycles. The van der Waals surface area contributed by atoms with Gasteiger partial charge in [0, 0.05) is 33.5 Å². The molecule has 0 aliphatic rings. The molecule has 4 rings (SSSR count). The minimum absolute atomic E-state index is 0.130. The fraction of sp³-hybridized carbons (Fsp3) is 0.192. The van der Waals surface area contributed by atoms with E-state index in [9.17, 15) is 4.79 Å². The Kier molecular flexibility index (Phi) is 5.96. The molecule has 1 N–H and O–H groups in total. The first-order valence-corrected chi connectivity index (χ1v) is 11.0. The van der Waals surface area contributed by atoms with Crippen molar-refractivity contribution in [2.75, 3.05) is 7.11 Å². The van der Waals surface area contributed by atoms with E-state index < -0.39 is 0 Å². The van der Waals surface area contributed by atoms with Crippen molar-refractivity contribution in [3.05, 3.63) is 81.8 Å². The van der Waals surface area contributed by atoms with Gasteiger partial charge in [-0.05, 0) is 55.0 Å². The monoisotopic (exact) mass is 431 g/mol. The van der Waals surface area contributed by atoms with Crippen molar-refractivity contribution in [3.8, 4) is 16.9 Å². The molecule has 0 radical (unpaired) electrons. The molecule has 0 aliphatic heterocycles. The molecule has 158 valence electrons. The lowest BCUT2D eigenvalue weighted by Crippen LogP contribution is -2.20. The number of methoxy groups -OCH3 is 1. The highest BCUT2D eigenvalue weighted by molar-refractivity contribution is 7.09. The van der Waals surface area contributed by atoms with Crippen LogP contribution in [0.3, 0.4) is 0 Å². The summed E-state index contributed by atoms with van der Waals surface area (Å²) in [5, 5.41) is 5.94. The average Bonchev–Trinajstić information content (AvgIpc) is 3.41. The Balaban J connectivity index is 1.70. The van der Waals surface area contributed by atoms with Gasteiger partial charge in [0.1, 0.15) is 11.3 Å². The van der Waals surface area contributed by atoms with Crippen LogP contribution in [0.2, 0.25) is 0 Å². The van der Waals surface area contributed by atoms with Crippen molar-refractivity contribution in [2.45, 2.75) is 27.3 Å². The number of furan rings is 1. The van der Waals surface area contributed by atoms with Gasteiger partial charge in [-0.3, -0.25) is 4.79 Å². The first-order valence-electron chi connectivity index (χ1n) is 10.1.